The number of carbonyl (C=O) groups is 1. The van der Waals surface area contributed by atoms with E-state index in [1.54, 1.807) is 0 Å². The Morgan fingerprint density at radius 1 is 1.42 bits per heavy atom. The fourth-order valence-corrected chi connectivity index (χ4v) is 2.38. The SMILES string of the molecule is CCCn1c(C(C)C)nc2cc(CC(=O)O)ccc21. The predicted octanol–water partition coefficient (Wildman–Crippen LogP) is 3.20. The summed E-state index contributed by atoms with van der Waals surface area (Å²) >= 11 is 0. The van der Waals surface area contributed by atoms with Crippen molar-refractivity contribution in [2.75, 3.05) is 0 Å². The van der Waals surface area contributed by atoms with Crippen molar-refractivity contribution in [2.45, 2.75) is 46.1 Å². The number of carboxylic acids is 1. The van der Waals surface area contributed by atoms with Crippen molar-refractivity contribution in [3.05, 3.63) is 29.6 Å². The fraction of sp³-hybridized carbons (Fsp3) is 0.467. The van der Waals surface area contributed by atoms with E-state index in [1.165, 1.54) is 0 Å². The monoisotopic (exact) mass is 260 g/mol. The zero-order chi connectivity index (χ0) is 14.0. The van der Waals surface area contributed by atoms with Gasteiger partial charge in [0, 0.05) is 12.5 Å². The van der Waals surface area contributed by atoms with Gasteiger partial charge < -0.3 is 9.67 Å². The molecule has 0 spiro atoms. The molecule has 19 heavy (non-hydrogen) atoms. The summed E-state index contributed by atoms with van der Waals surface area (Å²) in [5, 5.41) is 8.85. The Labute approximate surface area is 113 Å². The molecule has 0 aliphatic heterocycles. The Balaban J connectivity index is 2.52. The molecule has 0 saturated heterocycles. The van der Waals surface area contributed by atoms with Crippen LogP contribution in [0.3, 0.4) is 0 Å². The largest absolute Gasteiger partial charge is 0.481 e. The highest BCUT2D eigenvalue weighted by atomic mass is 16.4. The lowest BCUT2D eigenvalue weighted by molar-refractivity contribution is -0.136. The lowest BCUT2D eigenvalue weighted by Gasteiger charge is -2.09. The number of benzene rings is 1. The van der Waals surface area contributed by atoms with E-state index in [1.807, 2.05) is 18.2 Å². The van der Waals surface area contributed by atoms with E-state index >= 15 is 0 Å². The van der Waals surface area contributed by atoms with Gasteiger partial charge in [0.05, 0.1) is 17.5 Å². The van der Waals surface area contributed by atoms with Gasteiger partial charge in [-0.25, -0.2) is 4.98 Å². The molecule has 2 aromatic rings. The first kappa shape index (κ1) is 13.6. The van der Waals surface area contributed by atoms with E-state index in [0.29, 0.717) is 5.92 Å². The van der Waals surface area contributed by atoms with Crippen LogP contribution in [0.15, 0.2) is 18.2 Å². The summed E-state index contributed by atoms with van der Waals surface area (Å²) in [5.41, 5.74) is 2.80. The van der Waals surface area contributed by atoms with E-state index in [-0.39, 0.29) is 6.42 Å². The number of rotatable bonds is 5. The van der Waals surface area contributed by atoms with Gasteiger partial charge in [0.15, 0.2) is 0 Å². The minimum Gasteiger partial charge on any atom is -0.481 e. The molecule has 1 aromatic heterocycles. The minimum atomic E-state index is -0.809. The topological polar surface area (TPSA) is 55.1 Å². The van der Waals surface area contributed by atoms with Crippen LogP contribution < -0.4 is 0 Å². The first-order valence-electron chi connectivity index (χ1n) is 6.73. The predicted molar refractivity (Wildman–Crippen MR) is 75.5 cm³/mol. The molecular formula is C15H20N2O2. The van der Waals surface area contributed by atoms with Crippen LogP contribution in [0, 0.1) is 0 Å². The number of aryl methyl sites for hydroxylation is 1. The Morgan fingerprint density at radius 2 is 2.16 bits per heavy atom. The summed E-state index contributed by atoms with van der Waals surface area (Å²) in [4.78, 5) is 15.4. The number of hydrogen-bond donors (Lipinski definition) is 1. The number of carboxylic acid groups (broad SMARTS) is 1. The third-order valence-corrected chi connectivity index (χ3v) is 3.16. The minimum absolute atomic E-state index is 0.0492. The first-order valence-corrected chi connectivity index (χ1v) is 6.73. The highest BCUT2D eigenvalue weighted by Crippen LogP contribution is 2.23. The van der Waals surface area contributed by atoms with Gasteiger partial charge >= 0.3 is 5.97 Å². The Bertz CT molecular complexity index is 599. The highest BCUT2D eigenvalue weighted by Gasteiger charge is 2.13. The van der Waals surface area contributed by atoms with Gasteiger partial charge in [-0.3, -0.25) is 4.79 Å². The van der Waals surface area contributed by atoms with Crippen LogP contribution in [0.1, 0.15) is 44.5 Å². The summed E-state index contributed by atoms with van der Waals surface area (Å²) in [6, 6.07) is 5.76. The van der Waals surface area contributed by atoms with Gasteiger partial charge in [0.1, 0.15) is 5.82 Å². The van der Waals surface area contributed by atoms with E-state index in [4.69, 9.17) is 5.11 Å². The average Bonchev–Trinajstić information content (AvgIpc) is 2.67. The molecule has 102 valence electrons. The number of imidazole rings is 1. The summed E-state index contributed by atoms with van der Waals surface area (Å²) in [6.45, 7) is 7.36. The zero-order valence-electron chi connectivity index (χ0n) is 11.7. The molecule has 1 heterocycles. The summed E-state index contributed by atoms with van der Waals surface area (Å²) in [5.74, 6) is 0.627. The second kappa shape index (κ2) is 5.43. The van der Waals surface area contributed by atoms with Crippen molar-refractivity contribution >= 4 is 17.0 Å². The van der Waals surface area contributed by atoms with Crippen molar-refractivity contribution in [3.8, 4) is 0 Å². The molecule has 4 heteroatoms. The molecule has 0 atom stereocenters. The van der Waals surface area contributed by atoms with Crippen LogP contribution in [0.25, 0.3) is 11.0 Å². The maximum atomic E-state index is 10.8. The summed E-state index contributed by atoms with van der Waals surface area (Å²) in [7, 11) is 0. The van der Waals surface area contributed by atoms with Gasteiger partial charge in [0.25, 0.3) is 0 Å². The molecule has 2 rings (SSSR count). The van der Waals surface area contributed by atoms with Crippen molar-refractivity contribution in [2.24, 2.45) is 0 Å². The van der Waals surface area contributed by atoms with Gasteiger partial charge in [-0.05, 0) is 24.1 Å². The lowest BCUT2D eigenvalue weighted by Crippen LogP contribution is -2.04. The standard InChI is InChI=1S/C15H20N2O2/c1-4-7-17-13-6-5-11(9-14(18)19)8-12(13)16-15(17)10(2)3/h5-6,8,10H,4,7,9H2,1-3H3,(H,18,19). The van der Waals surface area contributed by atoms with Gasteiger partial charge in [0.2, 0.25) is 0 Å². The number of aromatic nitrogens is 2. The molecule has 4 nitrogen and oxygen atoms in total. The molecule has 0 aliphatic carbocycles. The second-order valence-electron chi connectivity index (χ2n) is 5.17. The third kappa shape index (κ3) is 2.78. The van der Waals surface area contributed by atoms with E-state index in [0.717, 1.165) is 35.4 Å². The molecule has 0 fully saturated rings. The summed E-state index contributed by atoms with van der Waals surface area (Å²) < 4.78 is 2.24. The van der Waals surface area contributed by atoms with E-state index in [2.05, 4.69) is 30.3 Å². The Kier molecular flexibility index (Phi) is 3.88. The van der Waals surface area contributed by atoms with Crippen LogP contribution in [0.5, 0.6) is 0 Å². The van der Waals surface area contributed by atoms with Crippen molar-refractivity contribution in [3.63, 3.8) is 0 Å². The van der Waals surface area contributed by atoms with Gasteiger partial charge in [-0.2, -0.15) is 0 Å². The maximum Gasteiger partial charge on any atom is 0.307 e. The van der Waals surface area contributed by atoms with Crippen LogP contribution in [-0.2, 0) is 17.8 Å². The smallest absolute Gasteiger partial charge is 0.307 e. The molecule has 0 saturated carbocycles. The van der Waals surface area contributed by atoms with Gasteiger partial charge in [-0.15, -0.1) is 0 Å². The van der Waals surface area contributed by atoms with Crippen molar-refractivity contribution in [1.29, 1.82) is 0 Å². The molecular weight excluding hydrogens is 240 g/mol. The molecule has 0 radical (unpaired) electrons. The summed E-state index contributed by atoms with van der Waals surface area (Å²) in [6.07, 6.45) is 1.11. The highest BCUT2D eigenvalue weighted by molar-refractivity contribution is 5.79. The van der Waals surface area contributed by atoms with Gasteiger partial charge in [-0.1, -0.05) is 26.8 Å². The van der Waals surface area contributed by atoms with Crippen molar-refractivity contribution < 1.29 is 9.90 Å². The van der Waals surface area contributed by atoms with Crippen LogP contribution >= 0.6 is 0 Å². The normalized spacial score (nSPS) is 11.4. The third-order valence-electron chi connectivity index (χ3n) is 3.16. The molecule has 0 unspecified atom stereocenters. The number of nitrogens with zero attached hydrogens (tertiary/aromatic N) is 2. The fourth-order valence-electron chi connectivity index (χ4n) is 2.38. The Hall–Kier alpha value is -1.84. The second-order valence-corrected chi connectivity index (χ2v) is 5.17. The average molecular weight is 260 g/mol. The number of fused-ring (bicyclic) bond motifs is 1. The van der Waals surface area contributed by atoms with Crippen molar-refractivity contribution in [1.82, 2.24) is 9.55 Å². The molecule has 1 N–H and O–H groups in total. The first-order chi connectivity index (χ1) is 9.02. The number of hydrogen-bond acceptors (Lipinski definition) is 2. The van der Waals surface area contributed by atoms with Crippen LogP contribution in [0.4, 0.5) is 0 Å². The van der Waals surface area contributed by atoms with Crippen LogP contribution in [-0.4, -0.2) is 20.6 Å². The van der Waals surface area contributed by atoms with E-state index in [9.17, 15) is 4.79 Å². The van der Waals surface area contributed by atoms with Crippen LogP contribution in [0.2, 0.25) is 0 Å². The van der Waals surface area contributed by atoms with E-state index < -0.39 is 5.97 Å². The molecule has 1 aromatic carbocycles. The Morgan fingerprint density at radius 3 is 2.74 bits per heavy atom. The molecule has 0 aliphatic rings. The molecule has 0 bridgehead atoms. The zero-order valence-corrected chi connectivity index (χ0v) is 11.7. The maximum absolute atomic E-state index is 10.8. The number of aliphatic carboxylic acids is 1. The molecule has 0 amide bonds. The quantitative estimate of drug-likeness (QED) is 0.898. The lowest BCUT2D eigenvalue weighted by atomic mass is 10.1.